The van der Waals surface area contributed by atoms with E-state index in [1.165, 1.54) is 41.6 Å². The van der Waals surface area contributed by atoms with E-state index in [4.69, 9.17) is 5.11 Å². The van der Waals surface area contributed by atoms with Crippen LogP contribution < -0.4 is 0 Å². The maximum Gasteiger partial charge on any atom is 0.0465 e. The van der Waals surface area contributed by atoms with Crippen molar-refractivity contribution in [3.63, 3.8) is 0 Å². The van der Waals surface area contributed by atoms with Gasteiger partial charge in [0.25, 0.3) is 0 Å². The first kappa shape index (κ1) is 20.9. The molecular weight excluding hydrogens is 268 g/mol. The van der Waals surface area contributed by atoms with Crippen molar-refractivity contribution in [2.45, 2.75) is 79.6 Å². The summed E-state index contributed by atoms with van der Waals surface area (Å²) in [4.78, 5) is 0. The zero-order valence-electron chi connectivity index (χ0n) is 15.4. The average molecular weight is 305 g/mol. The molecule has 0 amide bonds. The molecule has 126 valence electrons. The lowest BCUT2D eigenvalue weighted by Gasteiger charge is -2.02. The fraction of sp³-hybridized carbons (Fsp3) is 0.619. The summed E-state index contributed by atoms with van der Waals surface area (Å²) in [6, 6.07) is 0. The second kappa shape index (κ2) is 13.6. The van der Waals surface area contributed by atoms with Crippen molar-refractivity contribution in [2.24, 2.45) is 0 Å². The first-order valence-electron chi connectivity index (χ1n) is 8.66. The van der Waals surface area contributed by atoms with Crippen molar-refractivity contribution < 1.29 is 5.11 Å². The Labute approximate surface area is 138 Å². The second-order valence-corrected chi connectivity index (χ2v) is 6.56. The van der Waals surface area contributed by atoms with E-state index in [1.54, 1.807) is 0 Å². The van der Waals surface area contributed by atoms with Crippen LogP contribution in [-0.2, 0) is 0 Å². The van der Waals surface area contributed by atoms with Crippen molar-refractivity contribution in [3.8, 4) is 0 Å². The van der Waals surface area contributed by atoms with Crippen LogP contribution in [0.2, 0.25) is 0 Å². The molecular formula is C21H36O. The van der Waals surface area contributed by atoms with Crippen LogP contribution in [0.4, 0.5) is 0 Å². The monoisotopic (exact) mass is 304 g/mol. The van der Waals surface area contributed by atoms with Gasteiger partial charge in [0.1, 0.15) is 0 Å². The van der Waals surface area contributed by atoms with Crippen LogP contribution in [0, 0.1) is 0 Å². The van der Waals surface area contributed by atoms with Gasteiger partial charge in [0, 0.05) is 6.61 Å². The number of aliphatic hydroxyl groups is 1. The molecule has 0 aromatic rings. The molecule has 0 bridgehead atoms. The Morgan fingerprint density at radius 2 is 0.955 bits per heavy atom. The zero-order valence-corrected chi connectivity index (χ0v) is 15.4. The molecule has 0 saturated carbocycles. The molecule has 0 atom stereocenters. The summed E-state index contributed by atoms with van der Waals surface area (Å²) in [6.45, 7) is 11.2. The molecule has 0 aliphatic rings. The largest absolute Gasteiger partial charge is 0.396 e. The summed E-state index contributed by atoms with van der Waals surface area (Å²) in [7, 11) is 0. The van der Waals surface area contributed by atoms with Gasteiger partial charge in [-0.25, -0.2) is 0 Å². The molecule has 0 aliphatic heterocycles. The third-order valence-corrected chi connectivity index (χ3v) is 3.78. The van der Waals surface area contributed by atoms with Crippen molar-refractivity contribution in [1.29, 1.82) is 0 Å². The highest BCUT2D eigenvalue weighted by atomic mass is 16.2. The maximum atomic E-state index is 8.79. The molecule has 1 heteroatoms. The number of hydrogen-bond donors (Lipinski definition) is 1. The van der Waals surface area contributed by atoms with E-state index in [1.807, 2.05) is 0 Å². The normalized spacial score (nSPS) is 13.5. The lowest BCUT2D eigenvalue weighted by Crippen LogP contribution is -1.83. The van der Waals surface area contributed by atoms with E-state index in [0.29, 0.717) is 0 Å². The van der Waals surface area contributed by atoms with E-state index in [9.17, 15) is 0 Å². The van der Waals surface area contributed by atoms with Crippen molar-refractivity contribution in [1.82, 2.24) is 0 Å². The van der Waals surface area contributed by atoms with Gasteiger partial charge in [0.15, 0.2) is 0 Å². The van der Waals surface area contributed by atoms with Gasteiger partial charge in [-0.05, 0) is 79.6 Å². The predicted molar refractivity (Wildman–Crippen MR) is 100 cm³/mol. The molecule has 0 aromatic carbocycles. The summed E-state index contributed by atoms with van der Waals surface area (Å²) in [5, 5.41) is 8.79. The Hall–Kier alpha value is -1.08. The summed E-state index contributed by atoms with van der Waals surface area (Å²) in [5.41, 5.74) is 5.79. The smallest absolute Gasteiger partial charge is 0.0465 e. The van der Waals surface area contributed by atoms with Crippen molar-refractivity contribution in [2.75, 3.05) is 6.61 Å². The van der Waals surface area contributed by atoms with Crippen molar-refractivity contribution >= 4 is 0 Å². The van der Waals surface area contributed by atoms with Gasteiger partial charge in [-0.3, -0.25) is 0 Å². The highest BCUT2D eigenvalue weighted by molar-refractivity contribution is 5.07. The minimum absolute atomic E-state index is 0.255. The minimum Gasteiger partial charge on any atom is -0.396 e. The first-order chi connectivity index (χ1) is 10.5. The van der Waals surface area contributed by atoms with Gasteiger partial charge in [0.2, 0.25) is 0 Å². The average Bonchev–Trinajstić information content (AvgIpc) is 2.44. The van der Waals surface area contributed by atoms with E-state index in [-0.39, 0.29) is 6.61 Å². The first-order valence-corrected chi connectivity index (χ1v) is 8.66. The van der Waals surface area contributed by atoms with Gasteiger partial charge in [-0.2, -0.15) is 0 Å². The van der Waals surface area contributed by atoms with Gasteiger partial charge >= 0.3 is 0 Å². The lowest BCUT2D eigenvalue weighted by atomic mass is 10.0. The number of aliphatic hydroxyl groups excluding tert-OH is 1. The molecule has 0 radical (unpaired) electrons. The maximum absolute atomic E-state index is 8.79. The molecule has 0 aliphatic carbocycles. The molecule has 0 unspecified atom stereocenters. The molecule has 0 aromatic heterocycles. The standard InChI is InChI=1S/C21H36O/c1-18(2)10-6-11-19(3)12-7-13-20(4)14-8-15-21(5)16-9-17-22/h10,12,14,16,22H,6-9,11,13,15,17H2,1-5H3/b19-12+,20-14+,21-16-. The van der Waals surface area contributed by atoms with Gasteiger partial charge in [-0.15, -0.1) is 0 Å². The van der Waals surface area contributed by atoms with Crippen LogP contribution in [0.3, 0.4) is 0 Å². The fourth-order valence-electron chi connectivity index (χ4n) is 2.30. The van der Waals surface area contributed by atoms with Crippen LogP contribution in [0.5, 0.6) is 0 Å². The Bertz CT molecular complexity index is 404. The molecule has 0 rings (SSSR count). The highest BCUT2D eigenvalue weighted by Gasteiger charge is 1.93. The molecule has 0 saturated heterocycles. The predicted octanol–water partition coefficient (Wildman–Crippen LogP) is 6.51. The molecule has 1 nitrogen and oxygen atoms in total. The minimum atomic E-state index is 0.255. The Balaban J connectivity index is 3.94. The molecule has 0 fully saturated rings. The van der Waals surface area contributed by atoms with Crippen LogP contribution in [-0.4, -0.2) is 11.7 Å². The fourth-order valence-corrected chi connectivity index (χ4v) is 2.30. The van der Waals surface area contributed by atoms with Gasteiger partial charge < -0.3 is 5.11 Å². The lowest BCUT2D eigenvalue weighted by molar-refractivity contribution is 0.302. The van der Waals surface area contributed by atoms with E-state index in [0.717, 1.165) is 25.7 Å². The van der Waals surface area contributed by atoms with Crippen LogP contribution in [0.15, 0.2) is 46.6 Å². The number of hydrogen-bond acceptors (Lipinski definition) is 1. The van der Waals surface area contributed by atoms with E-state index >= 15 is 0 Å². The number of allylic oxidation sites excluding steroid dienone is 7. The SMILES string of the molecule is CC(C)=CCC/C(C)=C/CC/C(C)=C/CC/C(C)=C\CCO. The molecule has 0 heterocycles. The Morgan fingerprint density at radius 1 is 0.591 bits per heavy atom. The third-order valence-electron chi connectivity index (χ3n) is 3.78. The highest BCUT2D eigenvalue weighted by Crippen LogP contribution is 2.13. The third kappa shape index (κ3) is 13.9. The number of rotatable bonds is 11. The van der Waals surface area contributed by atoms with E-state index < -0.39 is 0 Å². The van der Waals surface area contributed by atoms with Crippen molar-refractivity contribution in [3.05, 3.63) is 46.6 Å². The molecule has 0 spiro atoms. The van der Waals surface area contributed by atoms with E-state index in [2.05, 4.69) is 58.9 Å². The van der Waals surface area contributed by atoms with Gasteiger partial charge in [-0.1, -0.05) is 46.6 Å². The second-order valence-electron chi connectivity index (χ2n) is 6.56. The topological polar surface area (TPSA) is 20.2 Å². The molecule has 1 N–H and O–H groups in total. The summed E-state index contributed by atoms with van der Waals surface area (Å²) in [5.74, 6) is 0. The van der Waals surface area contributed by atoms with Crippen LogP contribution in [0.25, 0.3) is 0 Å². The summed E-state index contributed by atoms with van der Waals surface area (Å²) in [6.07, 6.45) is 16.9. The van der Waals surface area contributed by atoms with Gasteiger partial charge in [0.05, 0.1) is 0 Å². The zero-order chi connectivity index (χ0) is 16.8. The van der Waals surface area contributed by atoms with Crippen LogP contribution >= 0.6 is 0 Å². The summed E-state index contributed by atoms with van der Waals surface area (Å²) < 4.78 is 0. The molecule has 22 heavy (non-hydrogen) atoms. The Kier molecular flexibility index (Phi) is 12.9. The quantitative estimate of drug-likeness (QED) is 0.431. The summed E-state index contributed by atoms with van der Waals surface area (Å²) >= 11 is 0. The Morgan fingerprint density at radius 3 is 1.32 bits per heavy atom. The van der Waals surface area contributed by atoms with Crippen LogP contribution in [0.1, 0.15) is 79.6 Å².